The Kier molecular flexibility index (Phi) is 6.11. The number of fused-ring (bicyclic) bond motifs is 1. The van der Waals surface area contributed by atoms with E-state index in [1.54, 1.807) is 6.07 Å². The van der Waals surface area contributed by atoms with E-state index in [1.165, 1.54) is 19.3 Å². The van der Waals surface area contributed by atoms with Gasteiger partial charge in [-0.2, -0.15) is 0 Å². The number of rotatable bonds is 4. The van der Waals surface area contributed by atoms with Gasteiger partial charge in [0.05, 0.1) is 10.9 Å². The second-order valence-electron chi connectivity index (χ2n) is 8.35. The summed E-state index contributed by atoms with van der Waals surface area (Å²) in [6, 6.07) is 4.01. The van der Waals surface area contributed by atoms with Gasteiger partial charge in [0.25, 0.3) is 0 Å². The highest BCUT2D eigenvalue weighted by Gasteiger charge is 2.24. The minimum atomic E-state index is -0.0320. The van der Waals surface area contributed by atoms with Crippen LogP contribution in [0.15, 0.2) is 16.9 Å². The third-order valence-electron chi connectivity index (χ3n) is 6.08. The van der Waals surface area contributed by atoms with E-state index in [2.05, 4.69) is 20.5 Å². The minimum Gasteiger partial charge on any atom is -0.369 e. The Balaban J connectivity index is 1.58. The summed E-state index contributed by atoms with van der Waals surface area (Å²) >= 11 is 0. The van der Waals surface area contributed by atoms with Crippen LogP contribution in [0.25, 0.3) is 10.9 Å². The van der Waals surface area contributed by atoms with Gasteiger partial charge in [-0.3, -0.25) is 4.79 Å². The van der Waals surface area contributed by atoms with Crippen molar-refractivity contribution in [3.05, 3.63) is 28.0 Å². The molecule has 2 aliphatic rings. The van der Waals surface area contributed by atoms with Crippen LogP contribution in [-0.4, -0.2) is 59.7 Å². The zero-order chi connectivity index (χ0) is 21.1. The van der Waals surface area contributed by atoms with Crippen molar-refractivity contribution in [2.45, 2.75) is 52.0 Å². The number of hydrogen-bond donors (Lipinski definition) is 3. The molecule has 8 heteroatoms. The topological polar surface area (TPSA) is 93.4 Å². The minimum absolute atomic E-state index is 0.0179. The van der Waals surface area contributed by atoms with Crippen molar-refractivity contribution in [2.24, 2.45) is 0 Å². The number of nitrogens with one attached hydrogen (secondary N) is 3. The average Bonchev–Trinajstić information content (AvgIpc) is 2.74. The van der Waals surface area contributed by atoms with Crippen LogP contribution in [-0.2, 0) is 0 Å². The number of nitrogens with zero attached hydrogens (tertiary/aromatic N) is 3. The van der Waals surface area contributed by atoms with Gasteiger partial charge in [0.15, 0.2) is 5.43 Å². The van der Waals surface area contributed by atoms with E-state index >= 15 is 0 Å². The molecule has 2 aromatic rings. The van der Waals surface area contributed by atoms with E-state index in [0.717, 1.165) is 29.9 Å². The number of hydrogen-bond acceptors (Lipinski definition) is 5. The van der Waals surface area contributed by atoms with Gasteiger partial charge in [-0.05, 0) is 32.8 Å². The molecule has 1 aliphatic carbocycles. The summed E-state index contributed by atoms with van der Waals surface area (Å²) in [5.74, 6) is 1.50. The van der Waals surface area contributed by atoms with Crippen LogP contribution in [0, 0.1) is 6.92 Å². The summed E-state index contributed by atoms with van der Waals surface area (Å²) in [6.45, 7) is 7.03. The van der Waals surface area contributed by atoms with Gasteiger partial charge in [-0.25, -0.2) is 9.78 Å². The summed E-state index contributed by atoms with van der Waals surface area (Å²) in [4.78, 5) is 37.2. The van der Waals surface area contributed by atoms with Crippen molar-refractivity contribution >= 4 is 28.6 Å². The molecular formula is C22H32N6O2. The van der Waals surface area contributed by atoms with Crippen molar-refractivity contribution in [3.8, 4) is 0 Å². The third-order valence-corrected chi connectivity index (χ3v) is 6.08. The first-order valence-corrected chi connectivity index (χ1v) is 11.1. The first kappa shape index (κ1) is 20.5. The van der Waals surface area contributed by atoms with E-state index in [-0.39, 0.29) is 11.5 Å². The highest BCUT2D eigenvalue weighted by molar-refractivity contribution is 5.91. The predicted molar refractivity (Wildman–Crippen MR) is 120 cm³/mol. The summed E-state index contributed by atoms with van der Waals surface area (Å²) < 4.78 is 0. The van der Waals surface area contributed by atoms with Gasteiger partial charge in [-0.1, -0.05) is 19.3 Å². The molecular weight excluding hydrogens is 380 g/mol. The second kappa shape index (κ2) is 8.93. The molecule has 3 N–H and O–H groups in total. The molecule has 8 nitrogen and oxygen atoms in total. The Morgan fingerprint density at radius 1 is 1.17 bits per heavy atom. The average molecular weight is 413 g/mol. The largest absolute Gasteiger partial charge is 0.369 e. The molecule has 30 heavy (non-hydrogen) atoms. The van der Waals surface area contributed by atoms with E-state index in [9.17, 15) is 9.59 Å². The zero-order valence-electron chi connectivity index (χ0n) is 18.0. The number of urea groups is 1. The van der Waals surface area contributed by atoms with Crippen LogP contribution in [0.4, 0.5) is 16.4 Å². The van der Waals surface area contributed by atoms with Crippen molar-refractivity contribution < 1.29 is 4.79 Å². The number of H-pyrrole nitrogens is 1. The van der Waals surface area contributed by atoms with Crippen molar-refractivity contribution in [2.75, 3.05) is 42.9 Å². The van der Waals surface area contributed by atoms with E-state index in [4.69, 9.17) is 4.98 Å². The summed E-state index contributed by atoms with van der Waals surface area (Å²) in [5, 5.41) is 7.00. The van der Waals surface area contributed by atoms with Gasteiger partial charge in [0.1, 0.15) is 11.6 Å². The molecule has 162 valence electrons. The smallest absolute Gasteiger partial charge is 0.317 e. The quantitative estimate of drug-likeness (QED) is 0.718. The standard InChI is InChI=1S/C22H32N6O2/c1-3-23-22(30)28-11-9-27(10-12-28)21-20-17(13-15(2)24-21)26-19(14-18(20)29)25-16-7-5-4-6-8-16/h13-14,16H,3-12H2,1-2H3,(H,23,30)(H2,25,26,29). The number of aromatic amines is 1. The number of aromatic nitrogens is 2. The molecule has 0 atom stereocenters. The molecule has 0 unspecified atom stereocenters. The Labute approximate surface area is 177 Å². The lowest BCUT2D eigenvalue weighted by molar-refractivity contribution is 0.195. The monoisotopic (exact) mass is 412 g/mol. The molecule has 1 aliphatic heterocycles. The lowest BCUT2D eigenvalue weighted by Gasteiger charge is -2.35. The highest BCUT2D eigenvalue weighted by Crippen LogP contribution is 2.26. The van der Waals surface area contributed by atoms with E-state index in [0.29, 0.717) is 50.0 Å². The number of pyridine rings is 2. The third kappa shape index (κ3) is 4.37. The first-order valence-electron chi connectivity index (χ1n) is 11.1. The molecule has 2 amide bonds. The number of piperazine rings is 1. The van der Waals surface area contributed by atoms with Crippen molar-refractivity contribution in [3.63, 3.8) is 0 Å². The van der Waals surface area contributed by atoms with Crippen molar-refractivity contribution in [1.29, 1.82) is 0 Å². The van der Waals surface area contributed by atoms with Gasteiger partial charge >= 0.3 is 6.03 Å². The number of anilines is 2. The number of carbonyl (C=O) groups excluding carboxylic acids is 1. The van der Waals surface area contributed by atoms with Crippen molar-refractivity contribution in [1.82, 2.24) is 20.2 Å². The van der Waals surface area contributed by atoms with Crippen LogP contribution in [0.1, 0.15) is 44.7 Å². The fraction of sp³-hybridized carbons (Fsp3) is 0.591. The Morgan fingerprint density at radius 3 is 2.60 bits per heavy atom. The molecule has 0 radical (unpaired) electrons. The summed E-state index contributed by atoms with van der Waals surface area (Å²) in [5.41, 5.74) is 1.67. The molecule has 3 heterocycles. The molecule has 0 spiro atoms. The maximum absolute atomic E-state index is 13.1. The normalized spacial score (nSPS) is 17.9. The summed E-state index contributed by atoms with van der Waals surface area (Å²) in [7, 11) is 0. The molecule has 1 saturated carbocycles. The second-order valence-corrected chi connectivity index (χ2v) is 8.35. The SMILES string of the molecule is CCNC(=O)N1CCN(c2nc(C)cc3[nH]c(NC4CCCCC4)cc(=O)c23)CC1. The molecule has 0 aromatic carbocycles. The predicted octanol–water partition coefficient (Wildman–Crippen LogP) is 2.83. The lowest BCUT2D eigenvalue weighted by Crippen LogP contribution is -2.52. The maximum Gasteiger partial charge on any atom is 0.317 e. The number of amides is 2. The maximum atomic E-state index is 13.1. The van der Waals surface area contributed by atoms with Crippen LogP contribution < -0.4 is 21.0 Å². The van der Waals surface area contributed by atoms with Gasteiger partial charge in [0.2, 0.25) is 0 Å². The first-order chi connectivity index (χ1) is 14.5. The fourth-order valence-electron chi connectivity index (χ4n) is 4.54. The van der Waals surface area contributed by atoms with Gasteiger partial charge < -0.3 is 25.4 Å². The Hall–Kier alpha value is -2.77. The highest BCUT2D eigenvalue weighted by atomic mass is 16.2. The molecule has 2 fully saturated rings. The zero-order valence-corrected chi connectivity index (χ0v) is 18.0. The van der Waals surface area contributed by atoms with Crippen LogP contribution >= 0.6 is 0 Å². The van der Waals surface area contributed by atoms with Gasteiger partial charge in [0, 0.05) is 50.5 Å². The molecule has 2 aromatic heterocycles. The Morgan fingerprint density at radius 2 is 1.90 bits per heavy atom. The number of aryl methyl sites for hydroxylation is 1. The molecule has 1 saturated heterocycles. The molecule has 4 rings (SSSR count). The van der Waals surface area contributed by atoms with E-state index in [1.807, 2.05) is 24.8 Å². The van der Waals surface area contributed by atoms with Crippen LogP contribution in [0.5, 0.6) is 0 Å². The van der Waals surface area contributed by atoms with Crippen LogP contribution in [0.3, 0.4) is 0 Å². The molecule has 0 bridgehead atoms. The van der Waals surface area contributed by atoms with Gasteiger partial charge in [-0.15, -0.1) is 0 Å². The Bertz CT molecular complexity index is 958. The van der Waals surface area contributed by atoms with Crippen LogP contribution in [0.2, 0.25) is 0 Å². The summed E-state index contributed by atoms with van der Waals surface area (Å²) in [6.07, 6.45) is 6.08. The van der Waals surface area contributed by atoms with E-state index < -0.39 is 0 Å². The number of carbonyl (C=O) groups is 1. The fourth-order valence-corrected chi connectivity index (χ4v) is 4.54. The lowest BCUT2D eigenvalue weighted by atomic mass is 9.95.